The molecular weight excluding hydrogens is 187 g/mol. The quantitative estimate of drug-likeness (QED) is 0.732. The third-order valence-corrected chi connectivity index (χ3v) is 2.15. The van der Waals surface area contributed by atoms with Crippen LogP contribution >= 0.6 is 0 Å². The molecule has 0 fully saturated rings. The van der Waals surface area contributed by atoms with Crippen LogP contribution in [0.4, 0.5) is 4.39 Å². The summed E-state index contributed by atoms with van der Waals surface area (Å²) in [6.07, 6.45) is -0.397. The Morgan fingerprint density at radius 3 is 3.07 bits per heavy atom. The standard InChI is InChI=1S/C10H9FO3/c11-6-1-2-8-9(13)4-7(5-12)14-10(8)3-6/h1-3,7,12H,4-5H2. The normalized spacial score (nSPS) is 20.1. The number of ether oxygens (including phenoxy) is 1. The predicted molar refractivity (Wildman–Crippen MR) is 46.8 cm³/mol. The highest BCUT2D eigenvalue weighted by Crippen LogP contribution is 2.27. The summed E-state index contributed by atoms with van der Waals surface area (Å²) in [4.78, 5) is 11.5. The summed E-state index contributed by atoms with van der Waals surface area (Å²) in [7, 11) is 0. The Balaban J connectivity index is 2.40. The highest BCUT2D eigenvalue weighted by Gasteiger charge is 2.25. The smallest absolute Gasteiger partial charge is 0.170 e. The summed E-state index contributed by atoms with van der Waals surface area (Å²) in [5.41, 5.74) is 0.385. The molecule has 1 N–H and O–H groups in total. The van der Waals surface area contributed by atoms with E-state index in [0.717, 1.165) is 6.07 Å². The fourth-order valence-corrected chi connectivity index (χ4v) is 1.46. The Hall–Kier alpha value is -1.42. The van der Waals surface area contributed by atoms with Gasteiger partial charge in [0, 0.05) is 6.07 Å². The van der Waals surface area contributed by atoms with E-state index in [1.807, 2.05) is 0 Å². The minimum Gasteiger partial charge on any atom is -0.487 e. The number of carbonyl (C=O) groups excluding carboxylic acids is 1. The average molecular weight is 196 g/mol. The number of benzene rings is 1. The van der Waals surface area contributed by atoms with E-state index in [4.69, 9.17) is 9.84 Å². The molecule has 4 heteroatoms. The van der Waals surface area contributed by atoms with Crippen molar-refractivity contribution < 1.29 is 19.0 Å². The van der Waals surface area contributed by atoms with Gasteiger partial charge in [0.05, 0.1) is 18.6 Å². The SMILES string of the molecule is O=C1CC(CO)Oc2cc(F)ccc21. The number of carbonyl (C=O) groups is 1. The van der Waals surface area contributed by atoms with Crippen LogP contribution in [0.5, 0.6) is 5.75 Å². The minimum atomic E-state index is -0.545. The van der Waals surface area contributed by atoms with Crippen molar-refractivity contribution in [3.05, 3.63) is 29.6 Å². The highest BCUT2D eigenvalue weighted by atomic mass is 19.1. The van der Waals surface area contributed by atoms with Crippen molar-refractivity contribution in [1.29, 1.82) is 0 Å². The summed E-state index contributed by atoms with van der Waals surface area (Å²) in [5, 5.41) is 8.83. The van der Waals surface area contributed by atoms with Gasteiger partial charge in [0.2, 0.25) is 0 Å². The largest absolute Gasteiger partial charge is 0.487 e. The van der Waals surface area contributed by atoms with E-state index in [1.54, 1.807) is 0 Å². The second kappa shape index (κ2) is 3.38. The molecule has 14 heavy (non-hydrogen) atoms. The number of aliphatic hydroxyl groups is 1. The third kappa shape index (κ3) is 1.48. The maximum atomic E-state index is 12.8. The van der Waals surface area contributed by atoms with E-state index < -0.39 is 11.9 Å². The molecule has 3 nitrogen and oxygen atoms in total. The molecule has 1 heterocycles. The van der Waals surface area contributed by atoms with E-state index in [0.29, 0.717) is 5.56 Å². The lowest BCUT2D eigenvalue weighted by atomic mass is 10.0. The molecule has 0 saturated carbocycles. The molecule has 1 aliphatic rings. The van der Waals surface area contributed by atoms with Crippen molar-refractivity contribution in [2.24, 2.45) is 0 Å². The molecule has 1 atom stereocenters. The van der Waals surface area contributed by atoms with E-state index in [-0.39, 0.29) is 24.6 Å². The number of ketones is 1. The first kappa shape index (κ1) is 9.15. The molecule has 2 rings (SSSR count). The molecule has 74 valence electrons. The van der Waals surface area contributed by atoms with Gasteiger partial charge < -0.3 is 9.84 Å². The van der Waals surface area contributed by atoms with Crippen LogP contribution in [-0.4, -0.2) is 23.6 Å². The van der Waals surface area contributed by atoms with Gasteiger partial charge in [0.25, 0.3) is 0 Å². The number of Topliss-reactive ketones (excluding diaryl/α,β-unsaturated/α-hetero) is 1. The average Bonchev–Trinajstić information content (AvgIpc) is 2.16. The van der Waals surface area contributed by atoms with Crippen molar-refractivity contribution in [1.82, 2.24) is 0 Å². The van der Waals surface area contributed by atoms with Crippen molar-refractivity contribution in [3.63, 3.8) is 0 Å². The monoisotopic (exact) mass is 196 g/mol. The van der Waals surface area contributed by atoms with Gasteiger partial charge in [-0.05, 0) is 12.1 Å². The van der Waals surface area contributed by atoms with E-state index in [2.05, 4.69) is 0 Å². The first-order chi connectivity index (χ1) is 6.70. The summed E-state index contributed by atoms with van der Waals surface area (Å²) < 4.78 is 18.0. The van der Waals surface area contributed by atoms with Gasteiger partial charge in [-0.25, -0.2) is 4.39 Å². The second-order valence-electron chi connectivity index (χ2n) is 3.19. The maximum Gasteiger partial charge on any atom is 0.170 e. The van der Waals surface area contributed by atoms with Crippen molar-refractivity contribution in [2.45, 2.75) is 12.5 Å². The molecule has 0 bridgehead atoms. The van der Waals surface area contributed by atoms with Crippen LogP contribution in [0.15, 0.2) is 18.2 Å². The number of halogens is 1. The first-order valence-electron chi connectivity index (χ1n) is 4.31. The molecule has 0 aliphatic carbocycles. The minimum absolute atomic E-state index is 0.120. The van der Waals surface area contributed by atoms with Gasteiger partial charge in [0.1, 0.15) is 17.7 Å². The molecule has 0 saturated heterocycles. The lowest BCUT2D eigenvalue weighted by molar-refractivity contribution is 0.0703. The van der Waals surface area contributed by atoms with Crippen LogP contribution in [0.25, 0.3) is 0 Å². The van der Waals surface area contributed by atoms with Crippen LogP contribution in [-0.2, 0) is 0 Å². The Morgan fingerprint density at radius 2 is 2.36 bits per heavy atom. The summed E-state index contributed by atoms with van der Waals surface area (Å²) in [6.45, 7) is -0.234. The Kier molecular flexibility index (Phi) is 2.21. The van der Waals surface area contributed by atoms with Crippen molar-refractivity contribution in [3.8, 4) is 5.75 Å². The van der Waals surface area contributed by atoms with E-state index in [1.165, 1.54) is 12.1 Å². The fraction of sp³-hybridized carbons (Fsp3) is 0.300. The molecule has 1 unspecified atom stereocenters. The highest BCUT2D eigenvalue weighted by molar-refractivity contribution is 5.99. The molecule has 0 amide bonds. The van der Waals surface area contributed by atoms with Gasteiger partial charge in [-0.2, -0.15) is 0 Å². The van der Waals surface area contributed by atoms with Crippen LogP contribution in [0.2, 0.25) is 0 Å². The summed E-state index contributed by atoms with van der Waals surface area (Å²) in [6, 6.07) is 3.79. The van der Waals surface area contributed by atoms with Gasteiger partial charge in [0.15, 0.2) is 5.78 Å². The zero-order chi connectivity index (χ0) is 10.1. The van der Waals surface area contributed by atoms with Gasteiger partial charge in [-0.1, -0.05) is 0 Å². The molecule has 0 radical (unpaired) electrons. The molecule has 0 aromatic heterocycles. The fourth-order valence-electron chi connectivity index (χ4n) is 1.46. The maximum absolute atomic E-state index is 12.8. The Bertz CT molecular complexity index is 376. The number of rotatable bonds is 1. The van der Waals surface area contributed by atoms with Gasteiger partial charge >= 0.3 is 0 Å². The van der Waals surface area contributed by atoms with Crippen molar-refractivity contribution in [2.75, 3.05) is 6.61 Å². The topological polar surface area (TPSA) is 46.5 Å². The van der Waals surface area contributed by atoms with Crippen LogP contribution in [0.1, 0.15) is 16.8 Å². The summed E-state index contributed by atoms with van der Waals surface area (Å²) in [5.74, 6) is -0.347. The van der Waals surface area contributed by atoms with Crippen molar-refractivity contribution >= 4 is 5.78 Å². The van der Waals surface area contributed by atoms with E-state index in [9.17, 15) is 9.18 Å². The number of hydrogen-bond acceptors (Lipinski definition) is 3. The Morgan fingerprint density at radius 1 is 1.57 bits per heavy atom. The molecule has 1 aliphatic heterocycles. The zero-order valence-corrected chi connectivity index (χ0v) is 7.37. The number of hydrogen-bond donors (Lipinski definition) is 1. The number of fused-ring (bicyclic) bond motifs is 1. The molecule has 1 aromatic carbocycles. The van der Waals surface area contributed by atoms with Gasteiger partial charge in [-0.3, -0.25) is 4.79 Å². The lowest BCUT2D eigenvalue weighted by Gasteiger charge is -2.23. The second-order valence-corrected chi connectivity index (χ2v) is 3.19. The first-order valence-corrected chi connectivity index (χ1v) is 4.31. The van der Waals surface area contributed by atoms with Crippen LogP contribution in [0, 0.1) is 5.82 Å². The lowest BCUT2D eigenvalue weighted by Crippen LogP contribution is -2.29. The van der Waals surface area contributed by atoms with Crippen LogP contribution < -0.4 is 4.74 Å². The Labute approximate surface area is 80.1 Å². The molecule has 1 aromatic rings. The zero-order valence-electron chi connectivity index (χ0n) is 7.37. The third-order valence-electron chi connectivity index (χ3n) is 2.15. The predicted octanol–water partition coefficient (Wildman–Crippen LogP) is 1.15. The van der Waals surface area contributed by atoms with Gasteiger partial charge in [-0.15, -0.1) is 0 Å². The van der Waals surface area contributed by atoms with Crippen LogP contribution in [0.3, 0.4) is 0 Å². The van der Waals surface area contributed by atoms with E-state index >= 15 is 0 Å². The molecule has 0 spiro atoms. The summed E-state index contributed by atoms with van der Waals surface area (Å²) >= 11 is 0. The number of aliphatic hydroxyl groups excluding tert-OH is 1. The molecular formula is C10H9FO3.